The van der Waals surface area contributed by atoms with Gasteiger partial charge in [-0.05, 0) is 53.4 Å². The molecule has 7 heteroatoms. The van der Waals surface area contributed by atoms with E-state index in [1.807, 2.05) is 36.4 Å². The smallest absolute Gasteiger partial charge is 0.416 e. The summed E-state index contributed by atoms with van der Waals surface area (Å²) < 4.78 is 44.0. The van der Waals surface area contributed by atoms with E-state index in [0.29, 0.717) is 5.56 Å². The van der Waals surface area contributed by atoms with Crippen molar-refractivity contribution in [2.24, 2.45) is 0 Å². The molecule has 3 aromatic rings. The number of ether oxygens (including phenoxy) is 1. The highest BCUT2D eigenvalue weighted by Crippen LogP contribution is 2.30. The molecular weight excluding hydrogens is 539 g/mol. The Labute approximate surface area is 247 Å². The average molecular weight is 580 g/mol. The fourth-order valence-corrected chi connectivity index (χ4v) is 4.86. The lowest BCUT2D eigenvalue weighted by molar-refractivity contribution is -0.160. The van der Waals surface area contributed by atoms with Crippen LogP contribution >= 0.6 is 0 Å². The topological polar surface area (TPSA) is 46.6 Å². The van der Waals surface area contributed by atoms with Gasteiger partial charge in [-0.2, -0.15) is 13.2 Å². The van der Waals surface area contributed by atoms with Crippen LogP contribution < -0.4 is 0 Å². The van der Waals surface area contributed by atoms with Crippen molar-refractivity contribution in [2.75, 3.05) is 6.61 Å². The third kappa shape index (κ3) is 9.94. The minimum absolute atomic E-state index is 0.0357. The molecule has 3 rings (SSSR count). The summed E-state index contributed by atoms with van der Waals surface area (Å²) in [4.78, 5) is 26.7. The van der Waals surface area contributed by atoms with Crippen LogP contribution in [0.3, 0.4) is 0 Å². The molecule has 1 amide bonds. The van der Waals surface area contributed by atoms with Gasteiger partial charge in [-0.3, -0.25) is 4.79 Å². The molecule has 42 heavy (non-hydrogen) atoms. The highest BCUT2D eigenvalue weighted by molar-refractivity contribution is 6.32. The summed E-state index contributed by atoms with van der Waals surface area (Å²) in [7, 11) is 0. The zero-order valence-corrected chi connectivity index (χ0v) is 24.6. The van der Waals surface area contributed by atoms with Crippen molar-refractivity contribution in [3.8, 4) is 11.8 Å². The van der Waals surface area contributed by atoms with Crippen LogP contribution in [0.25, 0.3) is 10.8 Å². The van der Waals surface area contributed by atoms with E-state index in [9.17, 15) is 22.8 Å². The van der Waals surface area contributed by atoms with E-state index in [1.165, 1.54) is 62.0 Å². The number of esters is 1. The minimum Gasteiger partial charge on any atom is -0.459 e. The van der Waals surface area contributed by atoms with Gasteiger partial charge in [0.1, 0.15) is 0 Å². The summed E-state index contributed by atoms with van der Waals surface area (Å²) in [6.07, 6.45) is 6.37. The molecule has 0 saturated carbocycles. The first-order valence-electron chi connectivity index (χ1n) is 14.9. The van der Waals surface area contributed by atoms with Gasteiger partial charge in [0, 0.05) is 25.1 Å². The fourth-order valence-electron chi connectivity index (χ4n) is 4.86. The number of carbonyl (C=O) groups excluding carboxylic acids is 2. The van der Waals surface area contributed by atoms with Gasteiger partial charge in [0.2, 0.25) is 0 Å². The maximum Gasteiger partial charge on any atom is 0.416 e. The predicted octanol–water partition coefficient (Wildman–Crippen LogP) is 8.83. The molecule has 0 aliphatic heterocycles. The quantitative estimate of drug-likeness (QED) is 0.0880. The van der Waals surface area contributed by atoms with Crippen LogP contribution in [-0.2, 0) is 33.6 Å². The first kappa shape index (κ1) is 32.7. The number of unbranched alkanes of at least 4 members (excludes halogenated alkanes) is 8. The number of hydrogen-bond acceptors (Lipinski definition) is 3. The van der Waals surface area contributed by atoms with Crippen LogP contribution in [0.5, 0.6) is 0 Å². The molecule has 0 radical (unpaired) electrons. The van der Waals surface area contributed by atoms with E-state index in [0.717, 1.165) is 46.9 Å². The molecule has 4 nitrogen and oxygen atoms in total. The van der Waals surface area contributed by atoms with E-state index in [1.54, 1.807) is 6.92 Å². The molecule has 0 N–H and O–H groups in total. The molecule has 0 aliphatic rings. The fraction of sp³-hybridized carbons (Fsp3) is 0.429. The molecular formula is C35H40F3NO3. The number of nitrogens with zero attached hydrogens (tertiary/aromatic N) is 1. The number of carbonyl (C=O) groups is 2. The molecule has 0 aromatic heterocycles. The Morgan fingerprint density at radius 2 is 1.43 bits per heavy atom. The van der Waals surface area contributed by atoms with Gasteiger partial charge in [-0.15, -0.1) is 0 Å². The number of hydrogen-bond donors (Lipinski definition) is 0. The third-order valence-electron chi connectivity index (χ3n) is 7.15. The number of benzene rings is 3. The molecule has 0 unspecified atom stereocenters. The second kappa shape index (κ2) is 16.6. The van der Waals surface area contributed by atoms with E-state index in [4.69, 9.17) is 4.74 Å². The summed E-state index contributed by atoms with van der Waals surface area (Å²) >= 11 is 0. The lowest BCUT2D eigenvalue weighted by Crippen LogP contribution is -2.36. The second-order valence-electron chi connectivity index (χ2n) is 10.4. The van der Waals surface area contributed by atoms with Crippen molar-refractivity contribution in [1.29, 1.82) is 0 Å². The highest BCUT2D eigenvalue weighted by atomic mass is 19.4. The minimum atomic E-state index is -4.46. The van der Waals surface area contributed by atoms with E-state index in [2.05, 4.69) is 18.8 Å². The lowest BCUT2D eigenvalue weighted by atomic mass is 9.99. The molecule has 224 valence electrons. The number of halogens is 3. The molecule has 0 fully saturated rings. The summed E-state index contributed by atoms with van der Waals surface area (Å²) in [5.41, 5.74) is 1.37. The number of rotatable bonds is 13. The standard InChI is InChI=1S/C35H40F3NO3/c1-3-5-6-7-8-9-10-11-12-13-16-28-21-22-29(32-18-15-14-17-31(28)32)26-39(33(40)34(41)42-4-2)25-27-19-23-30(24-20-27)35(36,37)38/h14-15,17-24H,3-12,25-26H2,1-2H3. The van der Waals surface area contributed by atoms with Crippen molar-refractivity contribution in [2.45, 2.75) is 90.9 Å². The molecule has 0 atom stereocenters. The van der Waals surface area contributed by atoms with Gasteiger partial charge in [0.15, 0.2) is 0 Å². The third-order valence-corrected chi connectivity index (χ3v) is 7.15. The largest absolute Gasteiger partial charge is 0.459 e. The summed E-state index contributed by atoms with van der Waals surface area (Å²) in [6, 6.07) is 16.1. The zero-order chi connectivity index (χ0) is 30.4. The second-order valence-corrected chi connectivity index (χ2v) is 10.4. The van der Waals surface area contributed by atoms with Gasteiger partial charge in [0.25, 0.3) is 0 Å². The normalized spacial score (nSPS) is 11.2. The summed E-state index contributed by atoms with van der Waals surface area (Å²) in [5, 5.41) is 1.84. The van der Waals surface area contributed by atoms with Crippen LogP contribution in [0, 0.1) is 11.8 Å². The highest BCUT2D eigenvalue weighted by Gasteiger charge is 2.30. The first-order chi connectivity index (χ1) is 20.2. The van der Waals surface area contributed by atoms with E-state index in [-0.39, 0.29) is 19.7 Å². The van der Waals surface area contributed by atoms with Crippen LogP contribution in [-0.4, -0.2) is 23.4 Å². The first-order valence-corrected chi connectivity index (χ1v) is 14.9. The van der Waals surface area contributed by atoms with Gasteiger partial charge in [-0.1, -0.05) is 106 Å². The summed E-state index contributed by atoms with van der Waals surface area (Å²) in [6.45, 7) is 3.89. The molecule has 0 saturated heterocycles. The van der Waals surface area contributed by atoms with Gasteiger partial charge in [0.05, 0.1) is 12.2 Å². The Morgan fingerprint density at radius 3 is 2.07 bits per heavy atom. The molecule has 0 bridgehead atoms. The molecule has 0 heterocycles. The lowest BCUT2D eigenvalue weighted by Gasteiger charge is -2.23. The maximum absolute atomic E-state index is 13.0. The molecule has 0 spiro atoms. The van der Waals surface area contributed by atoms with Crippen molar-refractivity contribution in [1.82, 2.24) is 4.90 Å². The maximum atomic E-state index is 13.0. The Balaban J connectivity index is 1.75. The van der Waals surface area contributed by atoms with Gasteiger partial charge < -0.3 is 9.64 Å². The number of alkyl halides is 3. The Hall–Kier alpha value is -3.79. The molecule has 0 aliphatic carbocycles. The SMILES string of the molecule is CCCCCCCCCCC#Cc1ccc(CN(Cc2ccc(C(F)(F)F)cc2)C(=O)C(=O)OCC)c2ccccc12. The van der Waals surface area contributed by atoms with Crippen molar-refractivity contribution >= 4 is 22.6 Å². The van der Waals surface area contributed by atoms with Crippen LogP contribution in [0.15, 0.2) is 60.7 Å². The zero-order valence-electron chi connectivity index (χ0n) is 24.6. The molecule has 3 aromatic carbocycles. The monoisotopic (exact) mass is 579 g/mol. The van der Waals surface area contributed by atoms with E-state index < -0.39 is 23.6 Å². The van der Waals surface area contributed by atoms with Crippen molar-refractivity contribution in [3.05, 3.63) is 82.9 Å². The predicted molar refractivity (Wildman–Crippen MR) is 160 cm³/mol. The van der Waals surface area contributed by atoms with Crippen LogP contribution in [0.2, 0.25) is 0 Å². The van der Waals surface area contributed by atoms with Crippen molar-refractivity contribution < 1.29 is 27.5 Å². The number of fused-ring (bicyclic) bond motifs is 1. The number of amides is 1. The van der Waals surface area contributed by atoms with Gasteiger partial charge >= 0.3 is 18.1 Å². The van der Waals surface area contributed by atoms with Gasteiger partial charge in [-0.25, -0.2) is 4.79 Å². The van der Waals surface area contributed by atoms with Crippen molar-refractivity contribution in [3.63, 3.8) is 0 Å². The Bertz CT molecular complexity index is 1370. The van der Waals surface area contributed by atoms with E-state index >= 15 is 0 Å². The van der Waals surface area contributed by atoms with Crippen LogP contribution in [0.1, 0.15) is 93.9 Å². The Morgan fingerprint density at radius 1 is 0.786 bits per heavy atom. The van der Waals surface area contributed by atoms with Crippen LogP contribution in [0.4, 0.5) is 13.2 Å². The summed E-state index contributed by atoms with van der Waals surface area (Å²) in [5.74, 6) is 4.76. The Kier molecular flexibility index (Phi) is 12.9. The average Bonchev–Trinajstić information content (AvgIpc) is 2.98.